The molecule has 0 aliphatic carbocycles. The first-order valence-electron chi connectivity index (χ1n) is 8.72. The van der Waals surface area contributed by atoms with Gasteiger partial charge in [0, 0.05) is 24.8 Å². The van der Waals surface area contributed by atoms with Crippen molar-refractivity contribution >= 4 is 10.0 Å². The third-order valence-electron chi connectivity index (χ3n) is 4.34. The van der Waals surface area contributed by atoms with E-state index >= 15 is 0 Å². The highest BCUT2D eigenvalue weighted by Gasteiger charge is 2.18. The highest BCUT2D eigenvalue weighted by Crippen LogP contribution is 2.19. The molecular formula is C20H22FN3O2S. The Labute approximate surface area is 158 Å². The van der Waals surface area contributed by atoms with Crippen molar-refractivity contribution in [2.24, 2.45) is 0 Å². The van der Waals surface area contributed by atoms with E-state index in [1.165, 1.54) is 16.4 Å². The van der Waals surface area contributed by atoms with Crippen LogP contribution in [0.15, 0.2) is 60.7 Å². The monoisotopic (exact) mass is 387 g/mol. The number of aryl methyl sites for hydroxylation is 1. The molecular weight excluding hydrogens is 365 g/mol. The molecule has 1 aromatic heterocycles. The molecule has 7 heteroatoms. The summed E-state index contributed by atoms with van der Waals surface area (Å²) in [7, 11) is -1.74. The molecule has 0 amide bonds. The average molecular weight is 387 g/mol. The lowest BCUT2D eigenvalue weighted by molar-refractivity contribution is 0.459. The van der Waals surface area contributed by atoms with Crippen LogP contribution in [-0.2, 0) is 22.2 Å². The summed E-state index contributed by atoms with van der Waals surface area (Å²) < 4.78 is 39.6. The minimum atomic E-state index is -3.34. The lowest BCUT2D eigenvalue weighted by atomic mass is 10.1. The van der Waals surface area contributed by atoms with Gasteiger partial charge in [0.1, 0.15) is 5.82 Å². The molecule has 5 nitrogen and oxygen atoms in total. The number of aromatic nitrogens is 2. The van der Waals surface area contributed by atoms with Crippen molar-refractivity contribution in [3.8, 4) is 11.3 Å². The fourth-order valence-electron chi connectivity index (χ4n) is 2.81. The standard InChI is InChI=1S/C20H22FN3O2S/c1-24(27(25,26)15-16-7-3-2-4-8-16)12-6-11-19-14-20(23-22-19)17-9-5-10-18(21)13-17/h2-5,7-10,13-14H,6,11-12,15H2,1H3,(H,22,23). The van der Waals surface area contributed by atoms with Crippen LogP contribution >= 0.6 is 0 Å². The summed E-state index contributed by atoms with van der Waals surface area (Å²) in [6.45, 7) is 0.420. The Balaban J connectivity index is 1.53. The molecule has 0 bridgehead atoms. The Hall–Kier alpha value is -2.51. The second-order valence-corrected chi connectivity index (χ2v) is 8.53. The first-order valence-corrected chi connectivity index (χ1v) is 10.3. The summed E-state index contributed by atoms with van der Waals surface area (Å²) in [6, 6.07) is 17.3. The van der Waals surface area contributed by atoms with E-state index in [2.05, 4.69) is 10.2 Å². The maximum Gasteiger partial charge on any atom is 0.218 e. The Kier molecular flexibility index (Phi) is 6.03. The van der Waals surface area contributed by atoms with Crippen molar-refractivity contribution in [3.05, 3.63) is 77.7 Å². The lowest BCUT2D eigenvalue weighted by Gasteiger charge is -2.16. The number of benzene rings is 2. The van der Waals surface area contributed by atoms with Gasteiger partial charge in [-0.3, -0.25) is 5.10 Å². The third-order valence-corrected chi connectivity index (χ3v) is 6.17. The molecule has 0 spiro atoms. The maximum absolute atomic E-state index is 13.3. The summed E-state index contributed by atoms with van der Waals surface area (Å²) in [5, 5.41) is 7.14. The van der Waals surface area contributed by atoms with Crippen LogP contribution in [0.5, 0.6) is 0 Å². The minimum absolute atomic E-state index is 0.00187. The van der Waals surface area contributed by atoms with E-state index in [1.54, 1.807) is 19.2 Å². The molecule has 1 heterocycles. The number of nitrogens with one attached hydrogen (secondary N) is 1. The van der Waals surface area contributed by atoms with Crippen LogP contribution in [0, 0.1) is 5.82 Å². The number of hydrogen-bond donors (Lipinski definition) is 1. The summed E-state index contributed by atoms with van der Waals surface area (Å²) in [5.74, 6) is -0.305. The Morgan fingerprint density at radius 3 is 2.59 bits per heavy atom. The second-order valence-electron chi connectivity index (χ2n) is 6.46. The predicted molar refractivity (Wildman–Crippen MR) is 104 cm³/mol. The smallest absolute Gasteiger partial charge is 0.218 e. The zero-order valence-corrected chi connectivity index (χ0v) is 15.9. The van der Waals surface area contributed by atoms with E-state index in [4.69, 9.17) is 0 Å². The topological polar surface area (TPSA) is 66.1 Å². The molecule has 27 heavy (non-hydrogen) atoms. The van der Waals surface area contributed by atoms with E-state index in [1.807, 2.05) is 36.4 Å². The van der Waals surface area contributed by atoms with Crippen LogP contribution in [0.2, 0.25) is 0 Å². The molecule has 0 saturated carbocycles. The minimum Gasteiger partial charge on any atom is -0.282 e. The fourth-order valence-corrected chi connectivity index (χ4v) is 4.05. The van der Waals surface area contributed by atoms with Crippen molar-refractivity contribution in [3.63, 3.8) is 0 Å². The molecule has 0 unspecified atom stereocenters. The number of rotatable bonds is 8. The fraction of sp³-hybridized carbons (Fsp3) is 0.250. The zero-order chi connectivity index (χ0) is 19.3. The summed E-state index contributed by atoms with van der Waals surface area (Å²) in [5.41, 5.74) is 3.05. The molecule has 1 N–H and O–H groups in total. The summed E-state index contributed by atoms with van der Waals surface area (Å²) in [6.07, 6.45) is 1.32. The van der Waals surface area contributed by atoms with E-state index < -0.39 is 10.0 Å². The van der Waals surface area contributed by atoms with Crippen LogP contribution in [0.1, 0.15) is 17.7 Å². The predicted octanol–water partition coefficient (Wildman–Crippen LogP) is 3.61. The molecule has 0 saturated heterocycles. The van der Waals surface area contributed by atoms with Gasteiger partial charge in [-0.2, -0.15) is 5.10 Å². The number of nitrogens with zero attached hydrogens (tertiary/aromatic N) is 2. The van der Waals surface area contributed by atoms with Crippen molar-refractivity contribution in [2.75, 3.05) is 13.6 Å². The Morgan fingerprint density at radius 2 is 1.85 bits per heavy atom. The van der Waals surface area contributed by atoms with E-state index in [0.29, 0.717) is 30.6 Å². The van der Waals surface area contributed by atoms with Crippen LogP contribution in [0.25, 0.3) is 11.3 Å². The zero-order valence-electron chi connectivity index (χ0n) is 15.1. The van der Waals surface area contributed by atoms with E-state index in [9.17, 15) is 12.8 Å². The van der Waals surface area contributed by atoms with Gasteiger partial charge in [-0.15, -0.1) is 0 Å². The number of aromatic amines is 1. The molecule has 0 atom stereocenters. The van der Waals surface area contributed by atoms with Crippen LogP contribution in [-0.4, -0.2) is 36.5 Å². The van der Waals surface area contributed by atoms with Crippen LogP contribution < -0.4 is 0 Å². The van der Waals surface area contributed by atoms with Gasteiger partial charge < -0.3 is 0 Å². The molecule has 0 aliphatic heterocycles. The number of H-pyrrole nitrogens is 1. The van der Waals surface area contributed by atoms with Gasteiger partial charge in [0.15, 0.2) is 0 Å². The normalized spacial score (nSPS) is 11.8. The van der Waals surface area contributed by atoms with Gasteiger partial charge >= 0.3 is 0 Å². The first kappa shape index (κ1) is 19.3. The van der Waals surface area contributed by atoms with Gasteiger partial charge in [0.25, 0.3) is 0 Å². The number of halogens is 1. The quantitative estimate of drug-likeness (QED) is 0.642. The highest BCUT2D eigenvalue weighted by molar-refractivity contribution is 7.88. The van der Waals surface area contributed by atoms with Crippen molar-refractivity contribution in [2.45, 2.75) is 18.6 Å². The third kappa shape index (κ3) is 5.24. The molecule has 0 aliphatic rings. The second kappa shape index (κ2) is 8.45. The van der Waals surface area contributed by atoms with Crippen molar-refractivity contribution in [1.82, 2.24) is 14.5 Å². The lowest BCUT2D eigenvalue weighted by Crippen LogP contribution is -2.29. The molecule has 3 aromatic rings. The molecule has 142 valence electrons. The number of hydrogen-bond acceptors (Lipinski definition) is 3. The van der Waals surface area contributed by atoms with E-state index in [0.717, 1.165) is 11.3 Å². The Bertz CT molecular complexity index is 987. The molecule has 2 aromatic carbocycles. The van der Waals surface area contributed by atoms with Crippen molar-refractivity contribution in [1.29, 1.82) is 0 Å². The van der Waals surface area contributed by atoms with Gasteiger partial charge in [-0.05, 0) is 36.6 Å². The summed E-state index contributed by atoms with van der Waals surface area (Å²) in [4.78, 5) is 0. The van der Waals surface area contributed by atoms with Crippen LogP contribution in [0.4, 0.5) is 4.39 Å². The largest absolute Gasteiger partial charge is 0.282 e. The van der Waals surface area contributed by atoms with Gasteiger partial charge in [-0.1, -0.05) is 42.5 Å². The summed E-state index contributed by atoms with van der Waals surface area (Å²) >= 11 is 0. The van der Waals surface area contributed by atoms with Gasteiger partial charge in [-0.25, -0.2) is 17.1 Å². The Morgan fingerprint density at radius 1 is 1.07 bits per heavy atom. The average Bonchev–Trinajstić information content (AvgIpc) is 3.11. The van der Waals surface area contributed by atoms with Gasteiger partial charge in [0.2, 0.25) is 10.0 Å². The maximum atomic E-state index is 13.3. The highest BCUT2D eigenvalue weighted by atomic mass is 32.2. The van der Waals surface area contributed by atoms with Crippen LogP contribution in [0.3, 0.4) is 0 Å². The van der Waals surface area contributed by atoms with Crippen molar-refractivity contribution < 1.29 is 12.8 Å². The molecule has 0 radical (unpaired) electrons. The van der Waals surface area contributed by atoms with E-state index in [-0.39, 0.29) is 11.6 Å². The molecule has 3 rings (SSSR count). The number of sulfonamides is 1. The van der Waals surface area contributed by atoms with Gasteiger partial charge in [0.05, 0.1) is 11.4 Å². The first-order chi connectivity index (χ1) is 12.9. The molecule has 0 fully saturated rings. The SMILES string of the molecule is CN(CCCc1cc(-c2cccc(F)c2)n[nH]1)S(=O)(=O)Cc1ccccc1.